The van der Waals surface area contributed by atoms with E-state index in [9.17, 15) is 9.59 Å². The van der Waals surface area contributed by atoms with E-state index in [2.05, 4.69) is 16.7 Å². The van der Waals surface area contributed by atoms with E-state index in [-0.39, 0.29) is 16.5 Å². The summed E-state index contributed by atoms with van der Waals surface area (Å²) in [5.74, 6) is -0.715. The van der Waals surface area contributed by atoms with Gasteiger partial charge in [0.1, 0.15) is 6.04 Å². The molecule has 2 N–H and O–H groups in total. The van der Waals surface area contributed by atoms with E-state index in [1.54, 1.807) is 25.1 Å². The molecule has 0 aromatic heterocycles. The number of aryl methyl sites for hydroxylation is 2. The molecule has 2 amide bonds. The van der Waals surface area contributed by atoms with Gasteiger partial charge in [-0.25, -0.2) is 0 Å². The molecule has 1 atom stereocenters. The quantitative estimate of drug-likeness (QED) is 0.824. The van der Waals surface area contributed by atoms with Crippen LogP contribution in [-0.4, -0.2) is 17.9 Å². The van der Waals surface area contributed by atoms with Crippen LogP contribution in [0, 0.1) is 13.8 Å². The molecule has 0 saturated heterocycles. The van der Waals surface area contributed by atoms with Crippen LogP contribution in [0.3, 0.4) is 0 Å². The molecular weight excluding hydrogens is 359 g/mol. The average molecular weight is 379 g/mol. The molecule has 0 aliphatic rings. The summed E-state index contributed by atoms with van der Waals surface area (Å²) in [5.41, 5.74) is 3.56. The maximum atomic E-state index is 12.3. The van der Waals surface area contributed by atoms with Gasteiger partial charge < -0.3 is 10.6 Å². The predicted octanol–water partition coefficient (Wildman–Crippen LogP) is 4.04. The van der Waals surface area contributed by atoms with Crippen LogP contribution < -0.4 is 10.6 Å². The third kappa shape index (κ3) is 4.97. The maximum absolute atomic E-state index is 12.3. The van der Waals surface area contributed by atoms with E-state index in [4.69, 9.17) is 23.2 Å². The highest BCUT2D eigenvalue weighted by atomic mass is 35.5. The smallest absolute Gasteiger partial charge is 0.253 e. The predicted molar refractivity (Wildman–Crippen MR) is 101 cm³/mol. The molecule has 0 fully saturated rings. The number of halogens is 2. The number of rotatable bonds is 5. The van der Waals surface area contributed by atoms with Crippen LogP contribution in [0.1, 0.15) is 34.0 Å². The summed E-state index contributed by atoms with van der Waals surface area (Å²) >= 11 is 11.9. The lowest BCUT2D eigenvalue weighted by atomic mass is 10.1. The Hall–Kier alpha value is -2.04. The largest absolute Gasteiger partial charge is 0.350 e. The number of carbonyl (C=O) groups is 2. The van der Waals surface area contributed by atoms with Crippen molar-refractivity contribution < 1.29 is 9.59 Å². The zero-order chi connectivity index (χ0) is 18.6. The third-order valence-electron chi connectivity index (χ3n) is 3.89. The van der Waals surface area contributed by atoms with Gasteiger partial charge in [-0.2, -0.15) is 0 Å². The standard InChI is InChI=1S/C19H20Cl2N2O2/c1-11-7-8-14(12(2)9-11)10-22-18(24)13(3)23-19(25)15-5-4-6-16(20)17(15)21/h4-9,13H,10H2,1-3H3,(H,22,24)(H,23,25)/t13-/m1/s1. The van der Waals surface area contributed by atoms with Crippen molar-refractivity contribution in [1.82, 2.24) is 10.6 Å². The van der Waals surface area contributed by atoms with Gasteiger partial charge in [0.2, 0.25) is 5.91 Å². The highest BCUT2D eigenvalue weighted by Gasteiger charge is 2.19. The molecule has 2 aromatic carbocycles. The number of hydrogen-bond acceptors (Lipinski definition) is 2. The Morgan fingerprint density at radius 3 is 2.52 bits per heavy atom. The Labute approximate surface area is 157 Å². The summed E-state index contributed by atoms with van der Waals surface area (Å²) in [7, 11) is 0. The van der Waals surface area contributed by atoms with Gasteiger partial charge in [-0.3, -0.25) is 9.59 Å². The van der Waals surface area contributed by atoms with Crippen molar-refractivity contribution >= 4 is 35.0 Å². The van der Waals surface area contributed by atoms with E-state index in [1.807, 2.05) is 26.0 Å². The van der Waals surface area contributed by atoms with Crippen molar-refractivity contribution in [3.05, 3.63) is 68.7 Å². The minimum absolute atomic E-state index is 0.171. The summed E-state index contributed by atoms with van der Waals surface area (Å²) in [6.45, 7) is 6.05. The SMILES string of the molecule is Cc1ccc(CNC(=O)[C@@H](C)NC(=O)c2cccc(Cl)c2Cl)c(C)c1. The summed E-state index contributed by atoms with van der Waals surface area (Å²) < 4.78 is 0. The lowest BCUT2D eigenvalue weighted by Crippen LogP contribution is -2.44. The molecule has 0 bridgehead atoms. The second-order valence-electron chi connectivity index (χ2n) is 5.94. The number of nitrogens with one attached hydrogen (secondary N) is 2. The van der Waals surface area contributed by atoms with Crippen molar-refractivity contribution in [3.63, 3.8) is 0 Å². The fourth-order valence-corrected chi connectivity index (χ4v) is 2.79. The lowest BCUT2D eigenvalue weighted by molar-refractivity contribution is -0.122. The molecule has 4 nitrogen and oxygen atoms in total. The highest BCUT2D eigenvalue weighted by molar-refractivity contribution is 6.43. The minimum Gasteiger partial charge on any atom is -0.350 e. The van der Waals surface area contributed by atoms with Crippen LogP contribution >= 0.6 is 23.2 Å². The molecule has 0 aliphatic heterocycles. The maximum Gasteiger partial charge on any atom is 0.253 e. The normalized spacial score (nSPS) is 11.7. The second kappa shape index (κ2) is 8.37. The first-order chi connectivity index (χ1) is 11.8. The Bertz CT molecular complexity index is 806. The van der Waals surface area contributed by atoms with Gasteiger partial charge in [0.05, 0.1) is 15.6 Å². The number of hydrogen-bond donors (Lipinski definition) is 2. The van der Waals surface area contributed by atoms with Gasteiger partial charge in [0.15, 0.2) is 0 Å². The Morgan fingerprint density at radius 1 is 1.12 bits per heavy atom. The van der Waals surface area contributed by atoms with Gasteiger partial charge in [0, 0.05) is 6.54 Å². The monoisotopic (exact) mass is 378 g/mol. The second-order valence-corrected chi connectivity index (χ2v) is 6.73. The van der Waals surface area contributed by atoms with Crippen LogP contribution in [0.25, 0.3) is 0 Å². The van der Waals surface area contributed by atoms with Crippen LogP contribution in [0.2, 0.25) is 10.0 Å². The Balaban J connectivity index is 1.95. The first-order valence-corrected chi connectivity index (χ1v) is 8.64. The van der Waals surface area contributed by atoms with Crippen molar-refractivity contribution in [2.75, 3.05) is 0 Å². The third-order valence-corrected chi connectivity index (χ3v) is 4.71. The molecule has 25 heavy (non-hydrogen) atoms. The number of carbonyl (C=O) groups excluding carboxylic acids is 2. The Morgan fingerprint density at radius 2 is 1.84 bits per heavy atom. The van der Waals surface area contributed by atoms with E-state index in [0.717, 1.165) is 11.1 Å². The first kappa shape index (κ1) is 19.3. The van der Waals surface area contributed by atoms with E-state index in [1.165, 1.54) is 5.56 Å². The fraction of sp³-hybridized carbons (Fsp3) is 0.263. The molecule has 0 spiro atoms. The first-order valence-electron chi connectivity index (χ1n) is 7.88. The van der Waals surface area contributed by atoms with Crippen molar-refractivity contribution in [2.45, 2.75) is 33.4 Å². The Kier molecular flexibility index (Phi) is 6.45. The van der Waals surface area contributed by atoms with Crippen LogP contribution in [-0.2, 0) is 11.3 Å². The molecule has 6 heteroatoms. The van der Waals surface area contributed by atoms with Crippen molar-refractivity contribution in [3.8, 4) is 0 Å². The lowest BCUT2D eigenvalue weighted by Gasteiger charge is -2.16. The van der Waals surface area contributed by atoms with Gasteiger partial charge in [-0.15, -0.1) is 0 Å². The minimum atomic E-state index is -0.701. The van der Waals surface area contributed by atoms with Gasteiger partial charge in [0.25, 0.3) is 5.91 Å². The number of benzene rings is 2. The van der Waals surface area contributed by atoms with Gasteiger partial charge in [-0.05, 0) is 44.0 Å². The zero-order valence-corrected chi connectivity index (χ0v) is 15.8. The number of amides is 2. The topological polar surface area (TPSA) is 58.2 Å². The van der Waals surface area contributed by atoms with Crippen molar-refractivity contribution in [2.24, 2.45) is 0 Å². The summed E-state index contributed by atoms with van der Waals surface area (Å²) in [6, 6.07) is 10.1. The van der Waals surface area contributed by atoms with Crippen LogP contribution in [0.4, 0.5) is 0 Å². The van der Waals surface area contributed by atoms with Crippen LogP contribution in [0.5, 0.6) is 0 Å². The van der Waals surface area contributed by atoms with E-state index < -0.39 is 11.9 Å². The summed E-state index contributed by atoms with van der Waals surface area (Å²) in [4.78, 5) is 24.5. The highest BCUT2D eigenvalue weighted by Crippen LogP contribution is 2.25. The molecule has 132 valence electrons. The molecule has 0 radical (unpaired) electrons. The molecule has 2 rings (SSSR count). The summed E-state index contributed by atoms with van der Waals surface area (Å²) in [5, 5.41) is 5.92. The molecule has 0 saturated carbocycles. The average Bonchev–Trinajstić information content (AvgIpc) is 2.56. The molecule has 2 aromatic rings. The fourth-order valence-electron chi connectivity index (χ4n) is 2.40. The molecule has 0 unspecified atom stereocenters. The summed E-state index contributed by atoms with van der Waals surface area (Å²) in [6.07, 6.45) is 0. The molecule has 0 heterocycles. The van der Waals surface area contributed by atoms with Gasteiger partial charge in [-0.1, -0.05) is 53.0 Å². The van der Waals surface area contributed by atoms with Crippen molar-refractivity contribution in [1.29, 1.82) is 0 Å². The van der Waals surface area contributed by atoms with E-state index in [0.29, 0.717) is 11.6 Å². The van der Waals surface area contributed by atoms with Gasteiger partial charge >= 0.3 is 0 Å². The zero-order valence-electron chi connectivity index (χ0n) is 14.3. The van der Waals surface area contributed by atoms with E-state index >= 15 is 0 Å². The molecule has 0 aliphatic carbocycles. The molecular formula is C19H20Cl2N2O2. The van der Waals surface area contributed by atoms with Crippen LogP contribution in [0.15, 0.2) is 36.4 Å².